The van der Waals surface area contributed by atoms with Gasteiger partial charge in [-0.2, -0.15) is 0 Å². The van der Waals surface area contributed by atoms with Gasteiger partial charge in [-0.05, 0) is 43.7 Å². The van der Waals surface area contributed by atoms with Crippen LogP contribution in [0, 0.1) is 0 Å². The largest absolute Gasteiger partial charge is 0.309 e. The molecule has 2 heterocycles. The lowest BCUT2D eigenvalue weighted by molar-refractivity contribution is 0.539. The van der Waals surface area contributed by atoms with Gasteiger partial charge in [-0.15, -0.1) is 22.7 Å². The summed E-state index contributed by atoms with van der Waals surface area (Å²) in [7, 11) is 0. The average molecular weight is 314 g/mol. The van der Waals surface area contributed by atoms with E-state index in [9.17, 15) is 0 Å². The highest BCUT2D eigenvalue weighted by atomic mass is 35.5. The van der Waals surface area contributed by atoms with Crippen LogP contribution in [0.1, 0.15) is 40.9 Å². The Bertz CT molecular complexity index is 504. The summed E-state index contributed by atoms with van der Waals surface area (Å²) in [6, 6.07) is 9.07. The van der Waals surface area contributed by atoms with Crippen molar-refractivity contribution in [2.75, 3.05) is 6.54 Å². The maximum absolute atomic E-state index is 6.02. The summed E-state index contributed by atoms with van der Waals surface area (Å²) in [6.07, 6.45) is 3.31. The molecule has 2 aromatic heterocycles. The maximum atomic E-state index is 6.02. The fourth-order valence-corrected chi connectivity index (χ4v) is 4.19. The second-order valence-electron chi connectivity index (χ2n) is 4.57. The normalized spacial score (nSPS) is 12.8. The Morgan fingerprint density at radius 3 is 2.47 bits per heavy atom. The Hall–Kier alpha value is -0.350. The molecule has 1 nitrogen and oxygen atoms in total. The fourth-order valence-electron chi connectivity index (χ4n) is 2.03. The third-order valence-electron chi connectivity index (χ3n) is 3.05. The minimum Gasteiger partial charge on any atom is -0.309 e. The third kappa shape index (κ3) is 4.32. The lowest BCUT2D eigenvalue weighted by Crippen LogP contribution is -2.22. The van der Waals surface area contributed by atoms with Crippen molar-refractivity contribution in [3.8, 4) is 0 Å². The predicted octanol–water partition coefficient (Wildman–Crippen LogP) is 5.31. The summed E-state index contributed by atoms with van der Waals surface area (Å²) in [6.45, 7) is 5.48. The Morgan fingerprint density at radius 1 is 1.11 bits per heavy atom. The first-order valence-corrected chi connectivity index (χ1v) is 8.80. The van der Waals surface area contributed by atoms with Crippen LogP contribution >= 0.6 is 34.3 Å². The molecular weight excluding hydrogens is 294 g/mol. The van der Waals surface area contributed by atoms with Gasteiger partial charge < -0.3 is 5.32 Å². The van der Waals surface area contributed by atoms with Gasteiger partial charge >= 0.3 is 0 Å². The quantitative estimate of drug-likeness (QED) is 0.730. The molecule has 0 saturated carbocycles. The van der Waals surface area contributed by atoms with Crippen molar-refractivity contribution < 1.29 is 0 Å². The van der Waals surface area contributed by atoms with Crippen molar-refractivity contribution in [3.63, 3.8) is 0 Å². The van der Waals surface area contributed by atoms with Crippen LogP contribution in [0.4, 0.5) is 0 Å². The summed E-state index contributed by atoms with van der Waals surface area (Å²) < 4.78 is 0.879. The van der Waals surface area contributed by atoms with Crippen LogP contribution in [0.5, 0.6) is 0 Å². The molecular formula is C15H20ClNS2. The topological polar surface area (TPSA) is 12.0 Å². The van der Waals surface area contributed by atoms with Crippen molar-refractivity contribution in [1.29, 1.82) is 0 Å². The first kappa shape index (κ1) is 15.0. The Balaban J connectivity index is 2.10. The van der Waals surface area contributed by atoms with Crippen LogP contribution in [0.3, 0.4) is 0 Å². The highest BCUT2D eigenvalue weighted by Gasteiger charge is 2.14. The van der Waals surface area contributed by atoms with Crippen molar-refractivity contribution >= 4 is 34.3 Å². The summed E-state index contributed by atoms with van der Waals surface area (Å²) >= 11 is 9.63. The fraction of sp³-hybridized carbons (Fsp3) is 0.467. The molecule has 0 aliphatic rings. The van der Waals surface area contributed by atoms with Crippen LogP contribution < -0.4 is 5.32 Å². The van der Waals surface area contributed by atoms with Gasteiger partial charge in [0.2, 0.25) is 0 Å². The predicted molar refractivity (Wildman–Crippen MR) is 87.8 cm³/mol. The smallest absolute Gasteiger partial charge is 0.0931 e. The lowest BCUT2D eigenvalue weighted by atomic mass is 10.1. The molecule has 0 saturated heterocycles. The molecule has 0 fully saturated rings. The molecule has 0 aliphatic heterocycles. The summed E-state index contributed by atoms with van der Waals surface area (Å²) in [5, 5.41) is 3.65. The van der Waals surface area contributed by atoms with E-state index in [0.717, 1.165) is 30.1 Å². The summed E-state index contributed by atoms with van der Waals surface area (Å²) in [4.78, 5) is 4.25. The highest BCUT2D eigenvalue weighted by molar-refractivity contribution is 7.16. The molecule has 2 aromatic rings. The number of hydrogen-bond donors (Lipinski definition) is 1. The Morgan fingerprint density at radius 2 is 1.89 bits per heavy atom. The number of hydrogen-bond acceptors (Lipinski definition) is 3. The van der Waals surface area contributed by atoms with Gasteiger partial charge in [0.1, 0.15) is 0 Å². The number of halogens is 1. The molecule has 0 bridgehead atoms. The van der Waals surface area contributed by atoms with E-state index in [1.165, 1.54) is 14.6 Å². The van der Waals surface area contributed by atoms with E-state index in [2.05, 4.69) is 37.4 Å². The maximum Gasteiger partial charge on any atom is 0.0931 e. The zero-order valence-electron chi connectivity index (χ0n) is 11.4. The minimum absolute atomic E-state index is 0.417. The van der Waals surface area contributed by atoms with Gasteiger partial charge in [-0.3, -0.25) is 0 Å². The number of rotatable bonds is 7. The average Bonchev–Trinajstić information content (AvgIpc) is 3.03. The molecule has 19 heavy (non-hydrogen) atoms. The third-order valence-corrected chi connectivity index (χ3v) is 5.65. The molecule has 0 radical (unpaired) electrons. The van der Waals surface area contributed by atoms with Crippen LogP contribution in [0.2, 0.25) is 4.34 Å². The Labute approximate surface area is 128 Å². The van der Waals surface area contributed by atoms with E-state index in [1.807, 2.05) is 17.4 Å². The molecule has 104 valence electrons. The first-order chi connectivity index (χ1) is 9.22. The summed E-state index contributed by atoms with van der Waals surface area (Å²) in [5.74, 6) is 0. The van der Waals surface area contributed by atoms with Crippen molar-refractivity contribution in [1.82, 2.24) is 5.32 Å². The van der Waals surface area contributed by atoms with E-state index in [0.29, 0.717) is 6.04 Å². The molecule has 4 heteroatoms. The van der Waals surface area contributed by atoms with Crippen molar-refractivity contribution in [2.45, 2.75) is 39.2 Å². The zero-order chi connectivity index (χ0) is 13.7. The monoisotopic (exact) mass is 313 g/mol. The molecule has 2 rings (SSSR count). The number of thiophene rings is 2. The van der Waals surface area contributed by atoms with Gasteiger partial charge in [-0.25, -0.2) is 0 Å². The highest BCUT2D eigenvalue weighted by Crippen LogP contribution is 2.30. The molecule has 1 N–H and O–H groups in total. The van der Waals surface area contributed by atoms with Gasteiger partial charge in [0.15, 0.2) is 0 Å². The summed E-state index contributed by atoms with van der Waals surface area (Å²) in [5.41, 5.74) is 0. The minimum atomic E-state index is 0.417. The molecule has 1 atom stereocenters. The van der Waals surface area contributed by atoms with Gasteiger partial charge in [-0.1, -0.05) is 25.4 Å². The second-order valence-corrected chi connectivity index (χ2v) is 7.57. The van der Waals surface area contributed by atoms with Crippen LogP contribution in [0.15, 0.2) is 24.3 Å². The molecule has 1 unspecified atom stereocenters. The van der Waals surface area contributed by atoms with E-state index in [4.69, 9.17) is 11.6 Å². The number of nitrogens with one attached hydrogen (secondary N) is 1. The molecule has 0 spiro atoms. The SMILES string of the molecule is CCCNC(Cc1ccc(Cl)s1)c1ccc(CC)s1. The van der Waals surface area contributed by atoms with E-state index >= 15 is 0 Å². The standard InChI is InChI=1S/C15H20ClNS2/c1-3-9-17-13(10-12-6-8-15(16)19-12)14-7-5-11(4-2)18-14/h5-8,13,17H,3-4,9-10H2,1-2H3. The lowest BCUT2D eigenvalue weighted by Gasteiger charge is -2.16. The van der Waals surface area contributed by atoms with Crippen molar-refractivity contribution in [2.24, 2.45) is 0 Å². The first-order valence-electron chi connectivity index (χ1n) is 6.79. The number of aryl methyl sites for hydroxylation is 1. The Kier molecular flexibility index (Phi) is 5.89. The van der Waals surface area contributed by atoms with Crippen LogP contribution in [-0.2, 0) is 12.8 Å². The second kappa shape index (κ2) is 7.44. The van der Waals surface area contributed by atoms with Crippen LogP contribution in [-0.4, -0.2) is 6.54 Å². The zero-order valence-corrected chi connectivity index (χ0v) is 13.8. The van der Waals surface area contributed by atoms with Gasteiger partial charge in [0.25, 0.3) is 0 Å². The van der Waals surface area contributed by atoms with Crippen LogP contribution in [0.25, 0.3) is 0 Å². The van der Waals surface area contributed by atoms with Gasteiger partial charge in [0, 0.05) is 27.1 Å². The van der Waals surface area contributed by atoms with E-state index in [1.54, 1.807) is 11.3 Å². The van der Waals surface area contributed by atoms with Gasteiger partial charge in [0.05, 0.1) is 4.34 Å². The van der Waals surface area contributed by atoms with Crippen molar-refractivity contribution in [3.05, 3.63) is 43.2 Å². The molecule has 0 amide bonds. The molecule has 0 aliphatic carbocycles. The van der Waals surface area contributed by atoms with E-state index < -0.39 is 0 Å². The molecule has 0 aromatic carbocycles. The van der Waals surface area contributed by atoms with E-state index in [-0.39, 0.29) is 0 Å².